The lowest BCUT2D eigenvalue weighted by atomic mass is 10.1. The van der Waals surface area contributed by atoms with Gasteiger partial charge < -0.3 is 16.9 Å². The van der Waals surface area contributed by atoms with Crippen molar-refractivity contribution in [3.05, 3.63) is 35.9 Å². The SMILES string of the molecule is [Cl-].c1ccc(CN2CC[N+]3(CCCCCC3)CC2)cc1. The van der Waals surface area contributed by atoms with Gasteiger partial charge in [0, 0.05) is 19.6 Å². The predicted octanol–water partition coefficient (Wildman–Crippen LogP) is -0.103. The maximum absolute atomic E-state index is 2.64. The maximum Gasteiger partial charge on any atom is 0.0916 e. The minimum atomic E-state index is 0. The Balaban J connectivity index is 0.00000147. The number of piperazine rings is 1. The van der Waals surface area contributed by atoms with E-state index in [0.717, 1.165) is 6.54 Å². The molecule has 3 rings (SSSR count). The molecule has 0 atom stereocenters. The molecule has 0 N–H and O–H groups in total. The molecule has 2 nitrogen and oxygen atoms in total. The molecule has 0 bridgehead atoms. The summed E-state index contributed by atoms with van der Waals surface area (Å²) in [6.07, 6.45) is 5.85. The lowest BCUT2D eigenvalue weighted by molar-refractivity contribution is -0.931. The number of halogens is 1. The average Bonchev–Trinajstić information content (AvgIpc) is 2.69. The largest absolute Gasteiger partial charge is 1.00 e. The Labute approximate surface area is 129 Å². The Morgan fingerprint density at radius 3 is 2.00 bits per heavy atom. The van der Waals surface area contributed by atoms with E-state index in [-0.39, 0.29) is 12.4 Å². The zero-order valence-corrected chi connectivity index (χ0v) is 13.2. The fourth-order valence-corrected chi connectivity index (χ4v) is 3.74. The first-order valence-corrected chi connectivity index (χ1v) is 7.98. The third-order valence-corrected chi connectivity index (χ3v) is 5.05. The summed E-state index contributed by atoms with van der Waals surface area (Å²) in [6.45, 7) is 9.36. The Bertz CT molecular complexity index is 375. The minimum Gasteiger partial charge on any atom is -1.00 e. The van der Waals surface area contributed by atoms with Gasteiger partial charge in [-0.25, -0.2) is 0 Å². The fourth-order valence-electron chi connectivity index (χ4n) is 3.74. The van der Waals surface area contributed by atoms with Crippen LogP contribution in [0.3, 0.4) is 0 Å². The van der Waals surface area contributed by atoms with Crippen molar-refractivity contribution in [3.8, 4) is 0 Å². The van der Waals surface area contributed by atoms with Crippen LogP contribution in [0, 0.1) is 0 Å². The quantitative estimate of drug-likeness (QED) is 0.689. The highest BCUT2D eigenvalue weighted by atomic mass is 35.5. The summed E-state index contributed by atoms with van der Waals surface area (Å²) in [6, 6.07) is 10.9. The molecule has 1 aromatic rings. The standard InChI is InChI=1S/C17H27N2.ClH/c1-2-7-13-19(12-6-1)14-10-18(11-15-19)16-17-8-4-3-5-9-17;/h3-5,8-9H,1-2,6-7,10-16H2;1H/q+1;/p-1. The van der Waals surface area contributed by atoms with E-state index >= 15 is 0 Å². The van der Waals surface area contributed by atoms with Crippen LogP contribution in [0.4, 0.5) is 0 Å². The summed E-state index contributed by atoms with van der Waals surface area (Å²) in [5.41, 5.74) is 1.46. The molecule has 1 aromatic carbocycles. The van der Waals surface area contributed by atoms with Gasteiger partial charge in [0.15, 0.2) is 0 Å². The number of hydrogen-bond donors (Lipinski definition) is 0. The third kappa shape index (κ3) is 3.97. The zero-order chi connectivity index (χ0) is 13.0. The van der Waals surface area contributed by atoms with Crippen LogP contribution in [-0.4, -0.2) is 48.7 Å². The summed E-state index contributed by atoms with van der Waals surface area (Å²) in [5, 5.41) is 0. The fraction of sp³-hybridized carbons (Fsp3) is 0.647. The number of hydrogen-bond acceptors (Lipinski definition) is 1. The second kappa shape index (κ2) is 7.44. The molecule has 20 heavy (non-hydrogen) atoms. The second-order valence-electron chi connectivity index (χ2n) is 6.41. The highest BCUT2D eigenvalue weighted by Gasteiger charge is 2.32. The van der Waals surface area contributed by atoms with E-state index in [0.29, 0.717) is 0 Å². The minimum absolute atomic E-state index is 0. The lowest BCUT2D eigenvalue weighted by Gasteiger charge is -2.44. The van der Waals surface area contributed by atoms with Crippen molar-refractivity contribution in [1.82, 2.24) is 4.90 Å². The molecule has 0 aliphatic carbocycles. The molecule has 112 valence electrons. The normalized spacial score (nSPS) is 23.0. The monoisotopic (exact) mass is 294 g/mol. The van der Waals surface area contributed by atoms with Gasteiger partial charge in [-0.2, -0.15) is 0 Å². The molecule has 0 aromatic heterocycles. The molecule has 2 saturated heterocycles. The first-order valence-electron chi connectivity index (χ1n) is 7.98. The van der Waals surface area contributed by atoms with Crippen molar-refractivity contribution in [2.45, 2.75) is 32.2 Å². The van der Waals surface area contributed by atoms with Crippen LogP contribution < -0.4 is 12.4 Å². The average molecular weight is 295 g/mol. The van der Waals surface area contributed by atoms with Crippen molar-refractivity contribution in [1.29, 1.82) is 0 Å². The number of quaternary nitrogens is 1. The van der Waals surface area contributed by atoms with E-state index in [1.807, 2.05) is 0 Å². The summed E-state index contributed by atoms with van der Waals surface area (Å²) in [5.74, 6) is 0. The molecule has 2 aliphatic heterocycles. The van der Waals surface area contributed by atoms with Gasteiger partial charge in [-0.3, -0.25) is 4.90 Å². The van der Waals surface area contributed by atoms with Crippen molar-refractivity contribution in [2.24, 2.45) is 0 Å². The first kappa shape index (κ1) is 15.8. The van der Waals surface area contributed by atoms with Gasteiger partial charge in [0.2, 0.25) is 0 Å². The highest BCUT2D eigenvalue weighted by Crippen LogP contribution is 2.21. The molecule has 2 fully saturated rings. The number of benzene rings is 1. The molecule has 0 amide bonds. The van der Waals surface area contributed by atoms with Crippen LogP contribution in [-0.2, 0) is 6.54 Å². The maximum atomic E-state index is 2.64. The number of nitrogens with zero attached hydrogens (tertiary/aromatic N) is 2. The third-order valence-electron chi connectivity index (χ3n) is 5.05. The Kier molecular flexibility index (Phi) is 5.88. The summed E-state index contributed by atoms with van der Waals surface area (Å²) in [7, 11) is 0. The predicted molar refractivity (Wildman–Crippen MR) is 79.9 cm³/mol. The second-order valence-corrected chi connectivity index (χ2v) is 6.41. The smallest absolute Gasteiger partial charge is 0.0916 e. The van der Waals surface area contributed by atoms with Gasteiger partial charge >= 0.3 is 0 Å². The Morgan fingerprint density at radius 1 is 0.800 bits per heavy atom. The molecule has 2 heterocycles. The van der Waals surface area contributed by atoms with Crippen molar-refractivity contribution < 1.29 is 16.9 Å². The zero-order valence-electron chi connectivity index (χ0n) is 12.4. The molecular formula is C17H27ClN2. The topological polar surface area (TPSA) is 3.24 Å². The van der Waals surface area contributed by atoms with Crippen molar-refractivity contribution in [2.75, 3.05) is 39.3 Å². The summed E-state index contributed by atoms with van der Waals surface area (Å²) >= 11 is 0. The van der Waals surface area contributed by atoms with Crippen LogP contribution in [0.15, 0.2) is 30.3 Å². The lowest BCUT2D eigenvalue weighted by Crippen LogP contribution is -3.00. The van der Waals surface area contributed by atoms with E-state index < -0.39 is 0 Å². The van der Waals surface area contributed by atoms with Crippen LogP contribution in [0.1, 0.15) is 31.2 Å². The van der Waals surface area contributed by atoms with Crippen molar-refractivity contribution in [3.63, 3.8) is 0 Å². The molecule has 0 radical (unpaired) electrons. The Morgan fingerprint density at radius 2 is 1.40 bits per heavy atom. The molecular weight excluding hydrogens is 268 g/mol. The highest BCUT2D eigenvalue weighted by molar-refractivity contribution is 5.14. The molecule has 0 unspecified atom stereocenters. The molecule has 3 heteroatoms. The van der Waals surface area contributed by atoms with Gasteiger partial charge in [0.05, 0.1) is 26.2 Å². The van der Waals surface area contributed by atoms with Crippen molar-refractivity contribution >= 4 is 0 Å². The van der Waals surface area contributed by atoms with E-state index in [2.05, 4.69) is 35.2 Å². The van der Waals surface area contributed by atoms with Crippen LogP contribution in [0.25, 0.3) is 0 Å². The summed E-state index contributed by atoms with van der Waals surface area (Å²) < 4.78 is 1.42. The van der Waals surface area contributed by atoms with Gasteiger partial charge in [-0.1, -0.05) is 30.3 Å². The van der Waals surface area contributed by atoms with E-state index in [9.17, 15) is 0 Å². The van der Waals surface area contributed by atoms with Crippen LogP contribution >= 0.6 is 0 Å². The molecule has 1 spiro atoms. The molecule has 0 saturated carbocycles. The van der Waals surface area contributed by atoms with E-state index in [1.54, 1.807) is 0 Å². The molecule has 2 aliphatic rings. The van der Waals surface area contributed by atoms with Gasteiger partial charge in [0.25, 0.3) is 0 Å². The van der Waals surface area contributed by atoms with E-state index in [1.165, 1.54) is 75.0 Å². The van der Waals surface area contributed by atoms with Crippen LogP contribution in [0.2, 0.25) is 0 Å². The van der Waals surface area contributed by atoms with Gasteiger partial charge in [0.1, 0.15) is 0 Å². The van der Waals surface area contributed by atoms with Gasteiger partial charge in [-0.05, 0) is 31.2 Å². The summed E-state index contributed by atoms with van der Waals surface area (Å²) in [4.78, 5) is 2.64. The van der Waals surface area contributed by atoms with Crippen LogP contribution in [0.5, 0.6) is 0 Å². The van der Waals surface area contributed by atoms with Gasteiger partial charge in [-0.15, -0.1) is 0 Å². The van der Waals surface area contributed by atoms with E-state index in [4.69, 9.17) is 0 Å². The Hall–Kier alpha value is -0.570. The number of rotatable bonds is 2. The first-order chi connectivity index (χ1) is 9.36.